The van der Waals surface area contributed by atoms with E-state index in [4.69, 9.17) is 0 Å². The van der Waals surface area contributed by atoms with Gasteiger partial charge in [0.25, 0.3) is 0 Å². The zero-order chi connectivity index (χ0) is 14.2. The summed E-state index contributed by atoms with van der Waals surface area (Å²) in [5.74, 6) is -0.0344. The van der Waals surface area contributed by atoms with Gasteiger partial charge in [0.05, 0.1) is 0 Å². The monoisotopic (exact) mass is 261 g/mol. The van der Waals surface area contributed by atoms with Crippen molar-refractivity contribution >= 4 is 17.4 Å². The van der Waals surface area contributed by atoms with E-state index >= 15 is 0 Å². The molecule has 2 aromatic rings. The van der Waals surface area contributed by atoms with Gasteiger partial charge >= 0.3 is 5.97 Å². The summed E-state index contributed by atoms with van der Waals surface area (Å²) in [6.07, 6.45) is 1.73. The summed E-state index contributed by atoms with van der Waals surface area (Å²) in [5.41, 5.74) is 0.864. The number of anilines is 1. The number of hydrogen-bond donors (Lipinski definition) is 1. The molecule has 2 aromatic heterocycles. The molecule has 19 heavy (non-hydrogen) atoms. The quantitative estimate of drug-likeness (QED) is 0.918. The van der Waals surface area contributed by atoms with Crippen LogP contribution in [0.1, 0.15) is 31.3 Å². The molecule has 102 valence electrons. The molecule has 0 amide bonds. The average Bonchev–Trinajstić information content (AvgIpc) is 2.75. The molecule has 0 radical (unpaired) electrons. The van der Waals surface area contributed by atoms with E-state index < -0.39 is 5.97 Å². The molecule has 0 saturated heterocycles. The number of fused-ring (bicyclic) bond motifs is 1. The topological polar surface area (TPSA) is 57.8 Å². The Balaban J connectivity index is 2.59. The summed E-state index contributed by atoms with van der Waals surface area (Å²) in [5, 5.41) is 9.43. The fourth-order valence-electron chi connectivity index (χ4n) is 2.07. The highest BCUT2D eigenvalue weighted by molar-refractivity contribution is 5.93. The lowest BCUT2D eigenvalue weighted by Gasteiger charge is -2.28. The normalized spacial score (nSPS) is 12.9. The second kappa shape index (κ2) is 4.91. The van der Waals surface area contributed by atoms with Crippen molar-refractivity contribution in [1.82, 2.24) is 9.38 Å². The third-order valence-electron chi connectivity index (χ3n) is 3.62. The predicted octanol–water partition coefficient (Wildman–Crippen LogP) is 2.51. The highest BCUT2D eigenvalue weighted by Gasteiger charge is 2.24. The molecule has 0 fully saturated rings. The summed E-state index contributed by atoms with van der Waals surface area (Å²) in [4.78, 5) is 17.9. The minimum Gasteiger partial charge on any atom is -0.476 e. The molecule has 0 aliphatic heterocycles. The SMILES string of the molecule is CC(C)C(C)N(C)c1nc2ccccn2c1C(=O)O. The van der Waals surface area contributed by atoms with Crippen molar-refractivity contribution in [2.75, 3.05) is 11.9 Å². The molecule has 0 aliphatic carbocycles. The average molecular weight is 261 g/mol. The standard InChI is InChI=1S/C14H19N3O2/c1-9(2)10(3)16(4)13-12(14(18)19)17-8-6-5-7-11(17)15-13/h5-10H,1-4H3,(H,18,19). The van der Waals surface area contributed by atoms with E-state index in [0.29, 0.717) is 17.4 Å². The maximum absolute atomic E-state index is 11.5. The fraction of sp³-hybridized carbons (Fsp3) is 0.429. The number of carboxylic acids is 1. The molecule has 1 N–H and O–H groups in total. The van der Waals surface area contributed by atoms with Crippen LogP contribution in [0, 0.1) is 5.92 Å². The molecule has 1 atom stereocenters. The number of aromatic carboxylic acids is 1. The van der Waals surface area contributed by atoms with Crippen LogP contribution >= 0.6 is 0 Å². The van der Waals surface area contributed by atoms with Crippen molar-refractivity contribution in [3.63, 3.8) is 0 Å². The van der Waals surface area contributed by atoms with Crippen molar-refractivity contribution in [1.29, 1.82) is 0 Å². The van der Waals surface area contributed by atoms with Crippen LogP contribution in [0.5, 0.6) is 0 Å². The number of carboxylic acid groups (broad SMARTS) is 1. The second-order valence-corrected chi connectivity index (χ2v) is 5.11. The van der Waals surface area contributed by atoms with Crippen molar-refractivity contribution in [2.24, 2.45) is 5.92 Å². The third-order valence-corrected chi connectivity index (χ3v) is 3.62. The maximum atomic E-state index is 11.5. The van der Waals surface area contributed by atoms with E-state index in [0.717, 1.165) is 0 Å². The number of hydrogen-bond acceptors (Lipinski definition) is 3. The van der Waals surface area contributed by atoms with Gasteiger partial charge in [0.15, 0.2) is 11.5 Å². The van der Waals surface area contributed by atoms with Crippen molar-refractivity contribution in [2.45, 2.75) is 26.8 Å². The van der Waals surface area contributed by atoms with Crippen LogP contribution in [0.3, 0.4) is 0 Å². The Bertz CT molecular complexity index is 604. The van der Waals surface area contributed by atoms with Gasteiger partial charge in [-0.2, -0.15) is 0 Å². The predicted molar refractivity (Wildman–Crippen MR) is 74.9 cm³/mol. The molecular formula is C14H19N3O2. The Kier molecular flexibility index (Phi) is 3.46. The Labute approximate surface area is 112 Å². The van der Waals surface area contributed by atoms with E-state index in [1.165, 1.54) is 0 Å². The molecular weight excluding hydrogens is 242 g/mol. The van der Waals surface area contributed by atoms with Crippen molar-refractivity contribution < 1.29 is 9.90 Å². The van der Waals surface area contributed by atoms with Gasteiger partial charge in [0.1, 0.15) is 5.65 Å². The number of rotatable bonds is 4. The van der Waals surface area contributed by atoms with Gasteiger partial charge in [-0.25, -0.2) is 9.78 Å². The van der Waals surface area contributed by atoms with Gasteiger partial charge in [-0.3, -0.25) is 4.40 Å². The Hall–Kier alpha value is -2.04. The van der Waals surface area contributed by atoms with Crippen molar-refractivity contribution in [3.05, 3.63) is 30.1 Å². The molecule has 5 heteroatoms. The molecule has 2 heterocycles. The minimum atomic E-state index is -0.962. The van der Waals surface area contributed by atoms with E-state index in [1.54, 1.807) is 16.7 Å². The maximum Gasteiger partial charge on any atom is 0.356 e. The number of carbonyl (C=O) groups is 1. The molecule has 5 nitrogen and oxygen atoms in total. The lowest BCUT2D eigenvalue weighted by molar-refractivity contribution is 0.0690. The lowest BCUT2D eigenvalue weighted by Crippen LogP contribution is -2.34. The summed E-state index contributed by atoms with van der Waals surface area (Å²) in [6, 6.07) is 5.67. The van der Waals surface area contributed by atoms with E-state index in [1.807, 2.05) is 24.1 Å². The molecule has 0 bridgehead atoms. The summed E-state index contributed by atoms with van der Waals surface area (Å²) < 4.78 is 1.61. The van der Waals surface area contributed by atoms with Crippen LogP contribution in [0.25, 0.3) is 5.65 Å². The Morgan fingerprint density at radius 3 is 2.63 bits per heavy atom. The lowest BCUT2D eigenvalue weighted by atomic mass is 10.1. The molecule has 0 saturated carbocycles. The van der Waals surface area contributed by atoms with Gasteiger partial charge in [0.2, 0.25) is 0 Å². The zero-order valence-corrected chi connectivity index (χ0v) is 11.7. The fourth-order valence-corrected chi connectivity index (χ4v) is 2.07. The molecule has 2 rings (SSSR count). The number of pyridine rings is 1. The first-order valence-electron chi connectivity index (χ1n) is 6.36. The van der Waals surface area contributed by atoms with Crippen LogP contribution in [0.15, 0.2) is 24.4 Å². The van der Waals surface area contributed by atoms with Gasteiger partial charge < -0.3 is 10.0 Å². The van der Waals surface area contributed by atoms with Crippen LogP contribution in [-0.4, -0.2) is 33.6 Å². The van der Waals surface area contributed by atoms with E-state index in [-0.39, 0.29) is 11.7 Å². The number of aromatic nitrogens is 2. The molecule has 0 aromatic carbocycles. The summed E-state index contributed by atoms with van der Waals surface area (Å²) >= 11 is 0. The second-order valence-electron chi connectivity index (χ2n) is 5.11. The highest BCUT2D eigenvalue weighted by Crippen LogP contribution is 2.24. The van der Waals surface area contributed by atoms with Gasteiger partial charge in [-0.15, -0.1) is 0 Å². The summed E-state index contributed by atoms with van der Waals surface area (Å²) in [6.45, 7) is 6.29. The minimum absolute atomic E-state index is 0.211. The van der Waals surface area contributed by atoms with Crippen LogP contribution < -0.4 is 4.90 Å². The molecule has 0 spiro atoms. The van der Waals surface area contributed by atoms with Gasteiger partial charge in [0, 0.05) is 19.3 Å². The van der Waals surface area contributed by atoms with Crippen LogP contribution in [0.4, 0.5) is 5.82 Å². The number of imidazole rings is 1. The zero-order valence-electron chi connectivity index (χ0n) is 11.7. The van der Waals surface area contributed by atoms with E-state index in [2.05, 4.69) is 25.8 Å². The highest BCUT2D eigenvalue weighted by atomic mass is 16.4. The smallest absolute Gasteiger partial charge is 0.356 e. The van der Waals surface area contributed by atoms with E-state index in [9.17, 15) is 9.90 Å². The van der Waals surface area contributed by atoms with Crippen LogP contribution in [0.2, 0.25) is 0 Å². The first-order valence-corrected chi connectivity index (χ1v) is 6.36. The van der Waals surface area contributed by atoms with Crippen molar-refractivity contribution in [3.8, 4) is 0 Å². The Morgan fingerprint density at radius 2 is 2.05 bits per heavy atom. The van der Waals surface area contributed by atoms with Crippen LogP contribution in [-0.2, 0) is 0 Å². The first-order chi connectivity index (χ1) is 8.93. The largest absolute Gasteiger partial charge is 0.476 e. The third kappa shape index (κ3) is 2.28. The number of nitrogens with zero attached hydrogens (tertiary/aromatic N) is 3. The summed E-state index contributed by atoms with van der Waals surface area (Å²) in [7, 11) is 1.89. The van der Waals surface area contributed by atoms with Gasteiger partial charge in [-0.1, -0.05) is 19.9 Å². The molecule has 1 unspecified atom stereocenters. The first kappa shape index (κ1) is 13.4. The molecule has 0 aliphatic rings. The van der Waals surface area contributed by atoms with Gasteiger partial charge in [-0.05, 0) is 25.0 Å². The Morgan fingerprint density at radius 1 is 1.37 bits per heavy atom.